The van der Waals surface area contributed by atoms with Crippen LogP contribution in [0.1, 0.15) is 31.4 Å². The number of halogens is 1. The van der Waals surface area contributed by atoms with Gasteiger partial charge in [-0.3, -0.25) is 4.99 Å². The van der Waals surface area contributed by atoms with Crippen molar-refractivity contribution in [3.8, 4) is 0 Å². The summed E-state index contributed by atoms with van der Waals surface area (Å²) in [6, 6.07) is 5.36. The Morgan fingerprint density at radius 2 is 1.96 bits per heavy atom. The third kappa shape index (κ3) is 9.72. The molecule has 1 aromatic carbocycles. The van der Waals surface area contributed by atoms with Crippen molar-refractivity contribution in [1.29, 1.82) is 0 Å². The molecule has 8 heteroatoms. The van der Waals surface area contributed by atoms with Crippen LogP contribution < -0.4 is 10.6 Å². The van der Waals surface area contributed by atoms with Crippen LogP contribution >= 0.6 is 24.0 Å². The van der Waals surface area contributed by atoms with Crippen molar-refractivity contribution in [1.82, 2.24) is 10.6 Å². The van der Waals surface area contributed by atoms with Gasteiger partial charge in [-0.1, -0.05) is 26.0 Å². The molecule has 0 fully saturated rings. The average molecular weight is 497 g/mol. The van der Waals surface area contributed by atoms with Crippen molar-refractivity contribution in [2.45, 2.75) is 38.6 Å². The van der Waals surface area contributed by atoms with Crippen molar-refractivity contribution in [3.05, 3.63) is 29.3 Å². The van der Waals surface area contributed by atoms with Crippen LogP contribution in [0.25, 0.3) is 0 Å². The highest BCUT2D eigenvalue weighted by atomic mass is 127. The molecule has 1 aromatic rings. The molecule has 0 unspecified atom stereocenters. The van der Waals surface area contributed by atoms with Gasteiger partial charge in [0.05, 0.1) is 4.90 Å². The molecular weight excluding hydrogens is 465 g/mol. The molecule has 0 atom stereocenters. The molecule has 26 heavy (non-hydrogen) atoms. The normalized spacial score (nSPS) is 12.0. The molecule has 0 radical (unpaired) electrons. The lowest BCUT2D eigenvalue weighted by atomic mass is 10.1. The van der Waals surface area contributed by atoms with Crippen molar-refractivity contribution >= 4 is 39.8 Å². The summed E-state index contributed by atoms with van der Waals surface area (Å²) in [6.45, 7) is 8.95. The molecule has 6 nitrogen and oxygen atoms in total. The molecule has 0 heterocycles. The van der Waals surface area contributed by atoms with E-state index >= 15 is 0 Å². The van der Waals surface area contributed by atoms with E-state index in [-0.39, 0.29) is 24.0 Å². The second kappa shape index (κ2) is 12.5. The predicted molar refractivity (Wildman–Crippen MR) is 118 cm³/mol. The van der Waals surface area contributed by atoms with Crippen LogP contribution in [0, 0.1) is 12.8 Å². The van der Waals surface area contributed by atoms with E-state index < -0.39 is 9.84 Å². The van der Waals surface area contributed by atoms with Gasteiger partial charge in [0.1, 0.15) is 0 Å². The van der Waals surface area contributed by atoms with Crippen LogP contribution in [0.3, 0.4) is 0 Å². The summed E-state index contributed by atoms with van der Waals surface area (Å²) < 4.78 is 28.8. The third-order valence-corrected chi connectivity index (χ3v) is 4.79. The van der Waals surface area contributed by atoms with Crippen LogP contribution in [-0.4, -0.2) is 47.4 Å². The molecule has 0 aliphatic heterocycles. The van der Waals surface area contributed by atoms with E-state index in [0.717, 1.165) is 37.3 Å². The van der Waals surface area contributed by atoms with Crippen LogP contribution in [0.5, 0.6) is 0 Å². The fourth-order valence-electron chi connectivity index (χ4n) is 2.34. The van der Waals surface area contributed by atoms with Gasteiger partial charge in [-0.15, -0.1) is 24.0 Å². The van der Waals surface area contributed by atoms with E-state index in [1.54, 1.807) is 13.1 Å². The Morgan fingerprint density at radius 1 is 1.27 bits per heavy atom. The lowest BCUT2D eigenvalue weighted by Gasteiger charge is -2.13. The van der Waals surface area contributed by atoms with Gasteiger partial charge in [0.2, 0.25) is 0 Å². The monoisotopic (exact) mass is 497 g/mol. The van der Waals surface area contributed by atoms with Crippen LogP contribution in [0.4, 0.5) is 0 Å². The highest BCUT2D eigenvalue weighted by Crippen LogP contribution is 2.16. The zero-order valence-corrected chi connectivity index (χ0v) is 19.5. The second-order valence-electron chi connectivity index (χ2n) is 6.55. The summed E-state index contributed by atoms with van der Waals surface area (Å²) >= 11 is 0. The number of guanidine groups is 1. The minimum absolute atomic E-state index is 0. The summed E-state index contributed by atoms with van der Waals surface area (Å²) in [4.78, 5) is 4.56. The van der Waals surface area contributed by atoms with Crippen molar-refractivity contribution < 1.29 is 13.2 Å². The van der Waals surface area contributed by atoms with Gasteiger partial charge in [0, 0.05) is 39.6 Å². The predicted octanol–water partition coefficient (Wildman–Crippen LogP) is 2.74. The SMILES string of the molecule is CN=C(NCCCOCC(C)C)NCc1ccc(S(C)(=O)=O)c(C)c1.I. The van der Waals surface area contributed by atoms with Crippen LogP contribution in [-0.2, 0) is 21.1 Å². The van der Waals surface area contributed by atoms with Gasteiger partial charge in [0.25, 0.3) is 0 Å². The number of hydrogen-bond donors (Lipinski definition) is 2. The molecule has 0 saturated heterocycles. The first-order chi connectivity index (χ1) is 11.7. The third-order valence-electron chi connectivity index (χ3n) is 3.53. The summed E-state index contributed by atoms with van der Waals surface area (Å²) in [5.41, 5.74) is 1.76. The Bertz CT molecular complexity index is 676. The zero-order chi connectivity index (χ0) is 18.9. The van der Waals surface area contributed by atoms with E-state index in [4.69, 9.17) is 4.74 Å². The summed E-state index contributed by atoms with van der Waals surface area (Å²) in [5.74, 6) is 1.27. The minimum atomic E-state index is -3.18. The van der Waals surface area contributed by atoms with Gasteiger partial charge in [-0.05, 0) is 36.5 Å². The molecule has 0 aromatic heterocycles. The lowest BCUT2D eigenvalue weighted by Crippen LogP contribution is -2.37. The Kier molecular flexibility index (Phi) is 12.1. The number of rotatable bonds is 9. The van der Waals surface area contributed by atoms with E-state index in [0.29, 0.717) is 23.3 Å². The number of aliphatic imine (C=N–C) groups is 1. The molecule has 0 saturated carbocycles. The molecule has 2 N–H and O–H groups in total. The average Bonchev–Trinajstić information content (AvgIpc) is 2.52. The highest BCUT2D eigenvalue weighted by Gasteiger charge is 2.10. The Balaban J connectivity index is 0.00000625. The molecule has 0 amide bonds. The number of nitrogens with zero attached hydrogens (tertiary/aromatic N) is 1. The molecule has 0 aliphatic carbocycles. The number of hydrogen-bond acceptors (Lipinski definition) is 4. The zero-order valence-electron chi connectivity index (χ0n) is 16.3. The van der Waals surface area contributed by atoms with Gasteiger partial charge in [-0.25, -0.2) is 8.42 Å². The molecule has 0 spiro atoms. The number of aryl methyl sites for hydroxylation is 1. The Hall–Kier alpha value is -0.870. The van der Waals surface area contributed by atoms with Crippen molar-refractivity contribution in [2.75, 3.05) is 33.1 Å². The van der Waals surface area contributed by atoms with E-state index in [2.05, 4.69) is 29.5 Å². The number of ether oxygens (including phenoxy) is 1. The van der Waals surface area contributed by atoms with Gasteiger partial charge < -0.3 is 15.4 Å². The number of benzene rings is 1. The van der Waals surface area contributed by atoms with E-state index in [1.165, 1.54) is 6.26 Å². The Labute approximate surface area is 175 Å². The Morgan fingerprint density at radius 3 is 2.50 bits per heavy atom. The summed E-state index contributed by atoms with van der Waals surface area (Å²) in [6.07, 6.45) is 2.14. The first kappa shape index (κ1) is 25.1. The largest absolute Gasteiger partial charge is 0.381 e. The fraction of sp³-hybridized carbons (Fsp3) is 0.611. The molecule has 1 rings (SSSR count). The number of nitrogens with one attached hydrogen (secondary N) is 2. The summed E-state index contributed by atoms with van der Waals surface area (Å²) in [5, 5.41) is 6.47. The summed E-state index contributed by atoms with van der Waals surface area (Å²) in [7, 11) is -1.45. The minimum Gasteiger partial charge on any atom is -0.381 e. The van der Waals surface area contributed by atoms with E-state index in [1.807, 2.05) is 19.1 Å². The molecule has 0 bridgehead atoms. The maximum Gasteiger partial charge on any atom is 0.191 e. The maximum atomic E-state index is 11.7. The smallest absolute Gasteiger partial charge is 0.191 e. The quantitative estimate of drug-likeness (QED) is 0.238. The van der Waals surface area contributed by atoms with E-state index in [9.17, 15) is 8.42 Å². The van der Waals surface area contributed by atoms with Gasteiger partial charge in [-0.2, -0.15) is 0 Å². The van der Waals surface area contributed by atoms with Gasteiger partial charge >= 0.3 is 0 Å². The van der Waals surface area contributed by atoms with Crippen LogP contribution in [0.15, 0.2) is 28.1 Å². The highest BCUT2D eigenvalue weighted by molar-refractivity contribution is 14.0. The second-order valence-corrected chi connectivity index (χ2v) is 8.53. The molecule has 0 aliphatic rings. The molecule has 150 valence electrons. The molecular formula is C18H32IN3O3S. The van der Waals surface area contributed by atoms with Gasteiger partial charge in [0.15, 0.2) is 15.8 Å². The maximum absolute atomic E-state index is 11.7. The number of sulfone groups is 1. The first-order valence-corrected chi connectivity index (χ1v) is 10.4. The topological polar surface area (TPSA) is 79.8 Å². The first-order valence-electron chi connectivity index (χ1n) is 8.56. The standard InChI is InChI=1S/C18H31N3O3S.HI/c1-14(2)13-24-10-6-9-20-18(19-4)21-12-16-7-8-17(15(3)11-16)25(5,22)23;/h7-8,11,14H,6,9-10,12-13H2,1-5H3,(H2,19,20,21);1H. The fourth-order valence-corrected chi connectivity index (χ4v) is 3.30. The lowest BCUT2D eigenvalue weighted by molar-refractivity contribution is 0.108. The van der Waals surface area contributed by atoms with Crippen LogP contribution in [0.2, 0.25) is 0 Å². The van der Waals surface area contributed by atoms with Crippen molar-refractivity contribution in [2.24, 2.45) is 10.9 Å². The van der Waals surface area contributed by atoms with Crippen molar-refractivity contribution in [3.63, 3.8) is 0 Å².